The molecule has 0 radical (unpaired) electrons. The second-order valence-electron chi connectivity index (χ2n) is 5.80. The van der Waals surface area contributed by atoms with E-state index in [1.807, 2.05) is 0 Å². The zero-order valence-electron chi connectivity index (χ0n) is 14.6. The van der Waals surface area contributed by atoms with Gasteiger partial charge in [-0.05, 0) is 41.3 Å². The van der Waals surface area contributed by atoms with Crippen LogP contribution in [-0.2, 0) is 26.6 Å². The Morgan fingerprint density at radius 1 is 0.862 bits per heavy atom. The fraction of sp³-hybridized carbons (Fsp3) is 0.0588. The maximum atomic E-state index is 12.8. The van der Waals surface area contributed by atoms with Crippen molar-refractivity contribution in [3.63, 3.8) is 0 Å². The molecule has 0 saturated heterocycles. The number of benzene rings is 2. The molecule has 0 aliphatic rings. The number of nitrogens with one attached hydrogen (secondary N) is 2. The van der Waals surface area contributed by atoms with Gasteiger partial charge in [0.15, 0.2) is 0 Å². The van der Waals surface area contributed by atoms with Crippen LogP contribution < -0.4 is 15.2 Å². The molecule has 0 aliphatic carbocycles. The minimum atomic E-state index is -4.02. The average Bonchev–Trinajstić information content (AvgIpc) is 3.21. The predicted octanol–water partition coefficient (Wildman–Crippen LogP) is 4.12. The molecule has 12 heteroatoms. The number of hydrogen-bond donors (Lipinski definition) is 3. The van der Waals surface area contributed by atoms with Gasteiger partial charge in [0.2, 0.25) is 0 Å². The summed E-state index contributed by atoms with van der Waals surface area (Å²) in [5, 5.41) is 1.73. The van der Waals surface area contributed by atoms with Gasteiger partial charge in [0.05, 0.1) is 26.3 Å². The molecule has 1 aromatic heterocycles. The first-order valence-corrected chi connectivity index (χ1v) is 12.6. The maximum absolute atomic E-state index is 12.8. The second kappa shape index (κ2) is 8.50. The van der Waals surface area contributed by atoms with Crippen LogP contribution in [0.5, 0.6) is 0 Å². The maximum Gasteiger partial charge on any atom is 0.271 e. The van der Waals surface area contributed by atoms with E-state index in [1.54, 1.807) is 23.6 Å². The summed E-state index contributed by atoms with van der Waals surface area (Å²) in [6.07, 6.45) is 0. The highest BCUT2D eigenvalue weighted by Gasteiger charge is 2.22. The molecule has 0 bridgehead atoms. The molecule has 0 aliphatic heterocycles. The van der Waals surface area contributed by atoms with Crippen molar-refractivity contribution in [2.45, 2.75) is 15.6 Å². The van der Waals surface area contributed by atoms with Gasteiger partial charge in [-0.15, -0.1) is 11.3 Å². The highest BCUT2D eigenvalue weighted by Crippen LogP contribution is 2.35. The van der Waals surface area contributed by atoms with Gasteiger partial charge in [-0.3, -0.25) is 9.44 Å². The van der Waals surface area contributed by atoms with Crippen LogP contribution in [0, 0.1) is 0 Å². The highest BCUT2D eigenvalue weighted by molar-refractivity contribution is 7.94. The summed E-state index contributed by atoms with van der Waals surface area (Å²) in [5.41, 5.74) is 6.16. The quantitative estimate of drug-likeness (QED) is 0.459. The molecule has 0 fully saturated rings. The summed E-state index contributed by atoms with van der Waals surface area (Å²) in [6, 6.07) is 11.5. The molecule has 2 aromatic carbocycles. The van der Waals surface area contributed by atoms with Gasteiger partial charge in [-0.25, -0.2) is 16.8 Å². The topological polar surface area (TPSA) is 118 Å². The lowest BCUT2D eigenvalue weighted by molar-refractivity contribution is 0.599. The molecular weight excluding hydrogens is 477 g/mol. The van der Waals surface area contributed by atoms with Crippen molar-refractivity contribution in [1.29, 1.82) is 0 Å². The zero-order chi connectivity index (χ0) is 21.2. The molecule has 0 saturated carbocycles. The van der Waals surface area contributed by atoms with Crippen LogP contribution in [0.2, 0.25) is 10.0 Å². The van der Waals surface area contributed by atoms with Gasteiger partial charge < -0.3 is 5.73 Å². The van der Waals surface area contributed by atoms with Gasteiger partial charge in [0, 0.05) is 6.54 Å². The SMILES string of the molecule is NCc1ccc(S(=O)(=O)Nc2cc(Cl)c(Cl)cc2NS(=O)(=O)c2cccs2)cc1. The van der Waals surface area contributed by atoms with Gasteiger partial charge in [0.25, 0.3) is 20.0 Å². The summed E-state index contributed by atoms with van der Waals surface area (Å²) in [5.74, 6) is 0. The molecule has 0 unspecified atom stereocenters. The summed E-state index contributed by atoms with van der Waals surface area (Å²) in [4.78, 5) is -0.0205. The summed E-state index contributed by atoms with van der Waals surface area (Å²) in [6.45, 7) is 0.273. The molecular formula is C17H15Cl2N3O4S3. The number of hydrogen-bond acceptors (Lipinski definition) is 6. The van der Waals surface area contributed by atoms with Crippen molar-refractivity contribution in [2.75, 3.05) is 9.44 Å². The van der Waals surface area contributed by atoms with Crippen LogP contribution >= 0.6 is 34.5 Å². The Balaban J connectivity index is 1.99. The monoisotopic (exact) mass is 491 g/mol. The molecule has 154 valence electrons. The molecule has 0 amide bonds. The minimum absolute atomic E-state index is 0.0205. The number of nitrogens with two attached hydrogens (primary N) is 1. The van der Waals surface area contributed by atoms with Crippen LogP contribution in [-0.4, -0.2) is 16.8 Å². The van der Waals surface area contributed by atoms with E-state index in [2.05, 4.69) is 9.44 Å². The van der Waals surface area contributed by atoms with Crippen molar-refractivity contribution >= 4 is 66.0 Å². The van der Waals surface area contributed by atoms with E-state index in [1.165, 1.54) is 30.3 Å². The summed E-state index contributed by atoms with van der Waals surface area (Å²) in [7, 11) is -7.96. The van der Waals surface area contributed by atoms with Gasteiger partial charge in [-0.2, -0.15) is 0 Å². The fourth-order valence-corrected chi connectivity index (χ4v) is 5.80. The van der Waals surface area contributed by atoms with Gasteiger partial charge >= 0.3 is 0 Å². The largest absolute Gasteiger partial charge is 0.326 e. The molecule has 3 aromatic rings. The normalized spacial score (nSPS) is 12.0. The third-order valence-corrected chi connectivity index (χ3v) is 8.64. The van der Waals surface area contributed by atoms with E-state index in [9.17, 15) is 16.8 Å². The lowest BCUT2D eigenvalue weighted by Crippen LogP contribution is -2.17. The Morgan fingerprint density at radius 2 is 1.41 bits per heavy atom. The Hall–Kier alpha value is -1.82. The number of rotatable bonds is 7. The molecule has 3 rings (SSSR count). The zero-order valence-corrected chi connectivity index (χ0v) is 18.6. The van der Waals surface area contributed by atoms with Crippen LogP contribution in [0.15, 0.2) is 63.0 Å². The summed E-state index contributed by atoms with van der Waals surface area (Å²) >= 11 is 13.0. The van der Waals surface area contributed by atoms with Gasteiger partial charge in [0.1, 0.15) is 4.21 Å². The number of sulfonamides is 2. The van der Waals surface area contributed by atoms with Crippen molar-refractivity contribution in [3.05, 3.63) is 69.5 Å². The standard InChI is InChI=1S/C17H15Cl2N3O4S3/c18-13-8-15(21-28(23,24)12-5-3-11(10-20)4-6-12)16(9-14(13)19)22-29(25,26)17-2-1-7-27-17/h1-9,21-22H,10,20H2. The molecule has 4 N–H and O–H groups in total. The van der Waals surface area contributed by atoms with E-state index in [4.69, 9.17) is 28.9 Å². The number of anilines is 2. The summed E-state index contributed by atoms with van der Waals surface area (Å²) < 4.78 is 55.4. The van der Waals surface area contributed by atoms with Crippen molar-refractivity contribution in [2.24, 2.45) is 5.73 Å². The van der Waals surface area contributed by atoms with Gasteiger partial charge in [-0.1, -0.05) is 41.4 Å². The third-order valence-electron chi connectivity index (χ3n) is 3.78. The first kappa shape index (κ1) is 21.9. The first-order chi connectivity index (χ1) is 13.6. The molecule has 1 heterocycles. The Bertz CT molecular complexity index is 1230. The Morgan fingerprint density at radius 3 is 1.90 bits per heavy atom. The van der Waals surface area contributed by atoms with Crippen LogP contribution in [0.25, 0.3) is 0 Å². The lowest BCUT2D eigenvalue weighted by Gasteiger charge is -2.15. The Kier molecular flexibility index (Phi) is 6.42. The number of halogens is 2. The lowest BCUT2D eigenvalue weighted by atomic mass is 10.2. The smallest absolute Gasteiger partial charge is 0.271 e. The predicted molar refractivity (Wildman–Crippen MR) is 117 cm³/mol. The van der Waals surface area contributed by atoms with Crippen molar-refractivity contribution < 1.29 is 16.8 Å². The van der Waals surface area contributed by atoms with Crippen molar-refractivity contribution in [3.8, 4) is 0 Å². The van der Waals surface area contributed by atoms with E-state index >= 15 is 0 Å². The van der Waals surface area contributed by atoms with Crippen molar-refractivity contribution in [1.82, 2.24) is 0 Å². The molecule has 29 heavy (non-hydrogen) atoms. The molecule has 7 nitrogen and oxygen atoms in total. The van der Waals surface area contributed by atoms with Crippen LogP contribution in [0.4, 0.5) is 11.4 Å². The Labute approximate surface area is 182 Å². The third kappa shape index (κ3) is 5.03. The number of thiophene rings is 1. The van der Waals surface area contributed by atoms with E-state index < -0.39 is 20.0 Å². The van der Waals surface area contributed by atoms with Crippen LogP contribution in [0.1, 0.15) is 5.56 Å². The van der Waals surface area contributed by atoms with E-state index in [0.717, 1.165) is 16.9 Å². The van der Waals surface area contributed by atoms with Crippen LogP contribution in [0.3, 0.4) is 0 Å². The average molecular weight is 492 g/mol. The molecule has 0 atom stereocenters. The second-order valence-corrected chi connectivity index (χ2v) is 11.2. The molecule has 0 spiro atoms. The fourth-order valence-electron chi connectivity index (χ4n) is 2.34. The first-order valence-electron chi connectivity index (χ1n) is 7.99. The highest BCUT2D eigenvalue weighted by atomic mass is 35.5. The minimum Gasteiger partial charge on any atom is -0.326 e. The van der Waals surface area contributed by atoms with E-state index in [-0.39, 0.29) is 37.1 Å². The van der Waals surface area contributed by atoms with E-state index in [0.29, 0.717) is 0 Å².